The van der Waals surface area contributed by atoms with Gasteiger partial charge in [-0.05, 0) is 30.2 Å². The summed E-state index contributed by atoms with van der Waals surface area (Å²) in [5.41, 5.74) is 1.87. The molecule has 1 N–H and O–H groups in total. The normalized spacial score (nSPS) is 10.8. The van der Waals surface area contributed by atoms with Gasteiger partial charge in [-0.25, -0.2) is 4.39 Å². The average molecular weight is 297 g/mol. The predicted molar refractivity (Wildman–Crippen MR) is 82.8 cm³/mol. The molecule has 0 atom stereocenters. The number of fused-ring (bicyclic) bond motifs is 1. The maximum Gasteiger partial charge on any atom is 0.241 e. The Morgan fingerprint density at radius 1 is 1.14 bits per heavy atom. The summed E-state index contributed by atoms with van der Waals surface area (Å²) < 4.78 is 14.4. The van der Waals surface area contributed by atoms with Gasteiger partial charge in [0, 0.05) is 18.1 Å². The number of carbonyl (C=O) groups is 1. The Morgan fingerprint density at radius 3 is 2.68 bits per heavy atom. The highest BCUT2D eigenvalue weighted by molar-refractivity contribution is 5.79. The van der Waals surface area contributed by atoms with E-state index in [9.17, 15) is 9.18 Å². The van der Waals surface area contributed by atoms with Crippen LogP contribution < -0.4 is 5.32 Å². The van der Waals surface area contributed by atoms with Crippen molar-refractivity contribution in [2.75, 3.05) is 6.54 Å². The van der Waals surface area contributed by atoms with E-state index in [4.69, 9.17) is 0 Å². The third-order valence-electron chi connectivity index (χ3n) is 3.42. The second-order valence-corrected chi connectivity index (χ2v) is 5.11. The first-order chi connectivity index (χ1) is 10.7. The van der Waals surface area contributed by atoms with E-state index in [1.54, 1.807) is 16.8 Å². The number of benzene rings is 2. The van der Waals surface area contributed by atoms with E-state index in [1.165, 1.54) is 12.1 Å². The van der Waals surface area contributed by atoms with Crippen molar-refractivity contribution in [1.29, 1.82) is 0 Å². The number of rotatable bonds is 5. The number of aromatic nitrogens is 2. The Labute approximate surface area is 127 Å². The first kappa shape index (κ1) is 14.3. The maximum absolute atomic E-state index is 12.8. The standard InChI is InChI=1S/C17H16FN3O/c18-15-7-5-13(6-8-15)9-10-19-17(22)12-21-11-14-3-1-2-4-16(14)20-21/h1-8,11H,9-10,12H2,(H,19,22). The summed E-state index contributed by atoms with van der Waals surface area (Å²) in [4.78, 5) is 11.9. The molecule has 22 heavy (non-hydrogen) atoms. The molecule has 112 valence electrons. The topological polar surface area (TPSA) is 46.9 Å². The van der Waals surface area contributed by atoms with Crippen LogP contribution in [0.2, 0.25) is 0 Å². The molecule has 0 radical (unpaired) electrons. The fourth-order valence-corrected chi connectivity index (χ4v) is 2.30. The summed E-state index contributed by atoms with van der Waals surface area (Å²) in [5, 5.41) is 8.20. The van der Waals surface area contributed by atoms with Gasteiger partial charge in [0.2, 0.25) is 5.91 Å². The molecule has 3 aromatic rings. The number of halogens is 1. The predicted octanol–water partition coefficient (Wildman–Crippen LogP) is 2.53. The number of hydrogen-bond donors (Lipinski definition) is 1. The number of nitrogens with one attached hydrogen (secondary N) is 1. The molecule has 5 heteroatoms. The van der Waals surface area contributed by atoms with Gasteiger partial charge in [0.25, 0.3) is 0 Å². The van der Waals surface area contributed by atoms with Gasteiger partial charge in [-0.15, -0.1) is 0 Å². The van der Waals surface area contributed by atoms with Gasteiger partial charge in [-0.3, -0.25) is 9.48 Å². The largest absolute Gasteiger partial charge is 0.354 e. The van der Waals surface area contributed by atoms with Crippen LogP contribution in [0.25, 0.3) is 10.9 Å². The zero-order valence-corrected chi connectivity index (χ0v) is 12.0. The highest BCUT2D eigenvalue weighted by atomic mass is 19.1. The van der Waals surface area contributed by atoms with Crippen molar-refractivity contribution in [1.82, 2.24) is 15.1 Å². The van der Waals surface area contributed by atoms with E-state index < -0.39 is 0 Å². The molecule has 4 nitrogen and oxygen atoms in total. The molecule has 0 unspecified atom stereocenters. The Hall–Kier alpha value is -2.69. The van der Waals surface area contributed by atoms with Crippen molar-refractivity contribution in [2.45, 2.75) is 13.0 Å². The molecule has 3 rings (SSSR count). The Bertz CT molecular complexity index is 747. The smallest absolute Gasteiger partial charge is 0.241 e. The molecule has 1 heterocycles. The zero-order valence-electron chi connectivity index (χ0n) is 12.0. The highest BCUT2D eigenvalue weighted by Crippen LogP contribution is 2.10. The van der Waals surface area contributed by atoms with Crippen LogP contribution in [0.4, 0.5) is 4.39 Å². The minimum atomic E-state index is -0.251. The highest BCUT2D eigenvalue weighted by Gasteiger charge is 2.05. The lowest BCUT2D eigenvalue weighted by atomic mass is 10.1. The van der Waals surface area contributed by atoms with Gasteiger partial charge in [-0.1, -0.05) is 30.3 Å². The van der Waals surface area contributed by atoms with Crippen molar-refractivity contribution in [3.63, 3.8) is 0 Å². The molecule has 0 spiro atoms. The average Bonchev–Trinajstić information content (AvgIpc) is 2.91. The Kier molecular flexibility index (Phi) is 4.14. The minimum Gasteiger partial charge on any atom is -0.354 e. The monoisotopic (exact) mass is 297 g/mol. The fourth-order valence-electron chi connectivity index (χ4n) is 2.30. The lowest BCUT2D eigenvalue weighted by Crippen LogP contribution is -2.29. The zero-order chi connectivity index (χ0) is 15.4. The SMILES string of the molecule is O=C(Cn1cc2ccccc2n1)NCCc1ccc(F)cc1. The summed E-state index contributed by atoms with van der Waals surface area (Å²) in [6.45, 7) is 0.712. The van der Waals surface area contributed by atoms with E-state index >= 15 is 0 Å². The van der Waals surface area contributed by atoms with E-state index in [0.29, 0.717) is 13.0 Å². The second kappa shape index (κ2) is 6.39. The summed E-state index contributed by atoms with van der Waals surface area (Å²) in [5.74, 6) is -0.339. The van der Waals surface area contributed by atoms with Gasteiger partial charge in [0.05, 0.1) is 5.52 Å². The number of nitrogens with zero attached hydrogens (tertiary/aromatic N) is 2. The fraction of sp³-hybridized carbons (Fsp3) is 0.176. The molecular weight excluding hydrogens is 281 g/mol. The van der Waals surface area contributed by atoms with Gasteiger partial charge in [0.15, 0.2) is 0 Å². The molecule has 0 fully saturated rings. The van der Waals surface area contributed by atoms with Gasteiger partial charge < -0.3 is 5.32 Å². The molecule has 0 aliphatic heterocycles. The molecule has 0 bridgehead atoms. The molecule has 1 aromatic heterocycles. The maximum atomic E-state index is 12.8. The van der Waals surface area contributed by atoms with Crippen LogP contribution in [0.3, 0.4) is 0 Å². The van der Waals surface area contributed by atoms with Gasteiger partial charge in [0.1, 0.15) is 12.4 Å². The van der Waals surface area contributed by atoms with Gasteiger partial charge >= 0.3 is 0 Å². The van der Waals surface area contributed by atoms with Crippen LogP contribution >= 0.6 is 0 Å². The molecule has 0 aliphatic rings. The van der Waals surface area contributed by atoms with E-state index in [-0.39, 0.29) is 18.3 Å². The lowest BCUT2D eigenvalue weighted by molar-refractivity contribution is -0.121. The first-order valence-electron chi connectivity index (χ1n) is 7.14. The summed E-state index contributed by atoms with van der Waals surface area (Å²) in [6.07, 6.45) is 2.53. The summed E-state index contributed by atoms with van der Waals surface area (Å²) >= 11 is 0. The summed E-state index contributed by atoms with van der Waals surface area (Å²) in [6, 6.07) is 14.0. The molecule has 0 aliphatic carbocycles. The number of amides is 1. The second-order valence-electron chi connectivity index (χ2n) is 5.11. The molecule has 0 saturated carbocycles. The van der Waals surface area contributed by atoms with Crippen LogP contribution in [-0.2, 0) is 17.8 Å². The molecular formula is C17H16FN3O. The van der Waals surface area contributed by atoms with Crippen molar-refractivity contribution < 1.29 is 9.18 Å². The molecule has 1 amide bonds. The Morgan fingerprint density at radius 2 is 1.91 bits per heavy atom. The minimum absolute atomic E-state index is 0.0880. The third-order valence-corrected chi connectivity index (χ3v) is 3.42. The van der Waals surface area contributed by atoms with Crippen molar-refractivity contribution in [2.24, 2.45) is 0 Å². The molecule has 2 aromatic carbocycles. The summed E-state index contributed by atoms with van der Waals surface area (Å²) in [7, 11) is 0. The van der Waals surface area contributed by atoms with Gasteiger partial charge in [-0.2, -0.15) is 5.10 Å². The van der Waals surface area contributed by atoms with E-state index in [0.717, 1.165) is 16.5 Å². The van der Waals surface area contributed by atoms with Crippen LogP contribution in [0.15, 0.2) is 54.7 Å². The van der Waals surface area contributed by atoms with Crippen LogP contribution in [0, 0.1) is 5.82 Å². The third kappa shape index (κ3) is 3.49. The van der Waals surface area contributed by atoms with Crippen molar-refractivity contribution in [3.8, 4) is 0 Å². The van der Waals surface area contributed by atoms with Crippen molar-refractivity contribution >= 4 is 16.8 Å². The number of hydrogen-bond acceptors (Lipinski definition) is 2. The van der Waals surface area contributed by atoms with Crippen LogP contribution in [0.5, 0.6) is 0 Å². The van der Waals surface area contributed by atoms with Crippen LogP contribution in [0.1, 0.15) is 5.56 Å². The van der Waals surface area contributed by atoms with Crippen molar-refractivity contribution in [3.05, 3.63) is 66.1 Å². The molecule has 0 saturated heterocycles. The first-order valence-corrected chi connectivity index (χ1v) is 7.14. The van der Waals surface area contributed by atoms with Crippen LogP contribution in [-0.4, -0.2) is 22.2 Å². The number of carbonyl (C=O) groups excluding carboxylic acids is 1. The lowest BCUT2D eigenvalue weighted by Gasteiger charge is -2.05. The van der Waals surface area contributed by atoms with E-state index in [1.807, 2.05) is 30.5 Å². The quantitative estimate of drug-likeness (QED) is 0.786. The Balaban J connectivity index is 1.50. The van der Waals surface area contributed by atoms with E-state index in [2.05, 4.69) is 10.4 Å².